The number of hydrogen-bond donors (Lipinski definition) is 0. The first-order chi connectivity index (χ1) is 15.1. The number of aryl methyl sites for hydroxylation is 1. The van der Waals surface area contributed by atoms with Crippen molar-refractivity contribution in [3.8, 4) is 34.2 Å². The lowest BCUT2D eigenvalue weighted by Crippen LogP contribution is -2.45. The fourth-order valence-electron chi connectivity index (χ4n) is 4.06. The molecule has 1 aliphatic heterocycles. The summed E-state index contributed by atoms with van der Waals surface area (Å²) in [6, 6.07) is 18.0. The van der Waals surface area contributed by atoms with Crippen molar-refractivity contribution < 1.29 is 13.7 Å². The van der Waals surface area contributed by atoms with E-state index in [1.54, 1.807) is 0 Å². The van der Waals surface area contributed by atoms with E-state index in [-0.39, 0.29) is 12.2 Å². The summed E-state index contributed by atoms with van der Waals surface area (Å²) >= 11 is 0. The zero-order valence-electron chi connectivity index (χ0n) is 17.8. The number of anilines is 1. The predicted molar refractivity (Wildman–Crippen MR) is 118 cm³/mol. The van der Waals surface area contributed by atoms with Crippen LogP contribution in [-0.2, 0) is 4.74 Å². The smallest absolute Gasteiger partial charge is 0.254 e. The summed E-state index contributed by atoms with van der Waals surface area (Å²) in [4.78, 5) is 2.34. The first-order valence-electron chi connectivity index (χ1n) is 10.4. The Kier molecular flexibility index (Phi) is 5.03. The van der Waals surface area contributed by atoms with Crippen molar-refractivity contribution in [3.63, 3.8) is 0 Å². The first-order valence-corrected chi connectivity index (χ1v) is 10.4. The summed E-state index contributed by atoms with van der Waals surface area (Å²) in [6.07, 6.45) is 0.431. The maximum atomic E-state index is 6.02. The molecule has 0 aliphatic carbocycles. The number of benzene rings is 2. The Labute approximate surface area is 180 Å². The molecule has 0 N–H and O–H groups in total. The lowest BCUT2D eigenvalue weighted by atomic mass is 10.1. The van der Waals surface area contributed by atoms with Gasteiger partial charge in [0.25, 0.3) is 5.89 Å². The summed E-state index contributed by atoms with van der Waals surface area (Å²) in [5, 5.41) is 12.7. The Bertz CT molecular complexity index is 1160. The van der Waals surface area contributed by atoms with Crippen LogP contribution < -0.4 is 4.90 Å². The van der Waals surface area contributed by atoms with Crippen LogP contribution in [0.25, 0.3) is 34.2 Å². The molecule has 0 amide bonds. The number of ether oxygens (including phenoxy) is 1. The lowest BCUT2D eigenvalue weighted by molar-refractivity contribution is -0.00521. The zero-order chi connectivity index (χ0) is 21.4. The van der Waals surface area contributed by atoms with Crippen LogP contribution in [0.3, 0.4) is 0 Å². The fourth-order valence-corrected chi connectivity index (χ4v) is 4.06. The third kappa shape index (κ3) is 3.84. The Balaban J connectivity index is 1.41. The summed E-state index contributed by atoms with van der Waals surface area (Å²) in [5.41, 5.74) is 4.38. The highest BCUT2D eigenvalue weighted by molar-refractivity contribution is 5.78. The van der Waals surface area contributed by atoms with Gasteiger partial charge in [-0.2, -0.15) is 0 Å². The first kappa shape index (κ1) is 19.5. The van der Waals surface area contributed by atoms with Crippen LogP contribution in [0.15, 0.2) is 63.5 Å². The predicted octanol–water partition coefficient (Wildman–Crippen LogP) is 4.98. The van der Waals surface area contributed by atoms with E-state index in [4.69, 9.17) is 13.7 Å². The van der Waals surface area contributed by atoms with Crippen LogP contribution in [0.1, 0.15) is 19.6 Å². The van der Waals surface area contributed by atoms with E-state index in [1.807, 2.05) is 49.4 Å². The van der Waals surface area contributed by atoms with Gasteiger partial charge in [-0.25, -0.2) is 0 Å². The van der Waals surface area contributed by atoms with Gasteiger partial charge < -0.3 is 18.6 Å². The third-order valence-electron chi connectivity index (χ3n) is 5.45. The molecule has 1 saturated heterocycles. The molecule has 0 saturated carbocycles. The van der Waals surface area contributed by atoms with Gasteiger partial charge in [0, 0.05) is 29.9 Å². The normalized spacial score (nSPS) is 19.0. The van der Waals surface area contributed by atoms with Crippen LogP contribution in [0.2, 0.25) is 0 Å². The van der Waals surface area contributed by atoms with E-state index in [0.29, 0.717) is 23.2 Å². The molecule has 7 nitrogen and oxygen atoms in total. The average Bonchev–Trinajstić information content (AvgIpc) is 3.40. The quantitative estimate of drug-likeness (QED) is 0.464. The van der Waals surface area contributed by atoms with Crippen LogP contribution in [0.5, 0.6) is 0 Å². The standard InChI is InChI=1S/C24H24N4O3/c1-15-13-28(14-16(2)29-15)20-11-9-19(10-12-20)23-25-26-24(30-23)21-17(3)31-27-22(21)18-7-5-4-6-8-18/h4-12,15-16H,13-14H2,1-3H3. The van der Waals surface area contributed by atoms with Gasteiger partial charge in [0.15, 0.2) is 0 Å². The van der Waals surface area contributed by atoms with Crippen molar-refractivity contribution in [3.05, 3.63) is 60.4 Å². The summed E-state index contributed by atoms with van der Waals surface area (Å²) in [5.74, 6) is 1.50. The number of aromatic nitrogens is 3. The molecule has 1 aliphatic rings. The van der Waals surface area contributed by atoms with Gasteiger partial charge in [-0.3, -0.25) is 0 Å². The van der Waals surface area contributed by atoms with Gasteiger partial charge in [0.05, 0.1) is 12.2 Å². The van der Waals surface area contributed by atoms with Gasteiger partial charge in [-0.1, -0.05) is 35.5 Å². The summed E-state index contributed by atoms with van der Waals surface area (Å²) in [6.45, 7) is 7.81. The molecule has 31 heavy (non-hydrogen) atoms. The fraction of sp³-hybridized carbons (Fsp3) is 0.292. The maximum Gasteiger partial charge on any atom is 0.254 e. The molecule has 7 heteroatoms. The minimum Gasteiger partial charge on any atom is -0.416 e. The second-order valence-corrected chi connectivity index (χ2v) is 7.95. The Morgan fingerprint density at radius 1 is 0.839 bits per heavy atom. The molecule has 5 rings (SSSR count). The molecule has 158 valence electrons. The second kappa shape index (κ2) is 8.00. The van der Waals surface area contributed by atoms with Crippen molar-refractivity contribution in [2.24, 2.45) is 0 Å². The van der Waals surface area contributed by atoms with E-state index in [1.165, 1.54) is 0 Å². The van der Waals surface area contributed by atoms with E-state index in [2.05, 4.69) is 46.2 Å². The number of hydrogen-bond acceptors (Lipinski definition) is 7. The highest BCUT2D eigenvalue weighted by Crippen LogP contribution is 2.35. The molecule has 2 atom stereocenters. The molecule has 4 aromatic rings. The van der Waals surface area contributed by atoms with Crippen LogP contribution >= 0.6 is 0 Å². The van der Waals surface area contributed by atoms with Crippen molar-refractivity contribution in [1.29, 1.82) is 0 Å². The number of nitrogens with zero attached hydrogens (tertiary/aromatic N) is 4. The minimum atomic E-state index is 0.215. The van der Waals surface area contributed by atoms with Crippen molar-refractivity contribution >= 4 is 5.69 Å². The molecule has 3 heterocycles. The Hall–Kier alpha value is -3.45. The van der Waals surface area contributed by atoms with Crippen LogP contribution in [-0.4, -0.2) is 40.7 Å². The topological polar surface area (TPSA) is 77.4 Å². The van der Waals surface area contributed by atoms with Crippen LogP contribution in [0, 0.1) is 6.92 Å². The number of rotatable bonds is 4. The Morgan fingerprint density at radius 3 is 2.23 bits per heavy atom. The second-order valence-electron chi connectivity index (χ2n) is 7.95. The van der Waals surface area contributed by atoms with Crippen molar-refractivity contribution in [2.75, 3.05) is 18.0 Å². The average molecular weight is 416 g/mol. The zero-order valence-corrected chi connectivity index (χ0v) is 17.8. The highest BCUT2D eigenvalue weighted by Gasteiger charge is 2.24. The lowest BCUT2D eigenvalue weighted by Gasteiger charge is -2.36. The number of morpholine rings is 1. The molecule has 0 radical (unpaired) electrons. The van der Waals surface area contributed by atoms with Gasteiger partial charge in [0.1, 0.15) is 17.0 Å². The molecule has 1 fully saturated rings. The maximum absolute atomic E-state index is 6.02. The van der Waals surface area contributed by atoms with Gasteiger partial charge in [-0.05, 0) is 45.0 Å². The molecule has 0 bridgehead atoms. The third-order valence-corrected chi connectivity index (χ3v) is 5.45. The molecule has 0 spiro atoms. The van der Waals surface area contributed by atoms with E-state index in [0.717, 1.165) is 35.5 Å². The Morgan fingerprint density at radius 2 is 1.52 bits per heavy atom. The molecule has 2 aromatic heterocycles. The van der Waals surface area contributed by atoms with Crippen molar-refractivity contribution in [2.45, 2.75) is 33.0 Å². The van der Waals surface area contributed by atoms with E-state index in [9.17, 15) is 0 Å². The molecular formula is C24H24N4O3. The van der Waals surface area contributed by atoms with Gasteiger partial charge in [-0.15, -0.1) is 10.2 Å². The molecule has 2 aromatic carbocycles. The highest BCUT2D eigenvalue weighted by atomic mass is 16.5. The van der Waals surface area contributed by atoms with Crippen LogP contribution in [0.4, 0.5) is 5.69 Å². The molecule has 2 unspecified atom stereocenters. The van der Waals surface area contributed by atoms with Crippen molar-refractivity contribution in [1.82, 2.24) is 15.4 Å². The largest absolute Gasteiger partial charge is 0.416 e. The summed E-state index contributed by atoms with van der Waals surface area (Å²) < 4.78 is 17.3. The minimum absolute atomic E-state index is 0.215. The molecular weight excluding hydrogens is 392 g/mol. The van der Waals surface area contributed by atoms with E-state index >= 15 is 0 Å². The van der Waals surface area contributed by atoms with Gasteiger partial charge >= 0.3 is 0 Å². The van der Waals surface area contributed by atoms with E-state index < -0.39 is 0 Å². The summed E-state index contributed by atoms with van der Waals surface area (Å²) in [7, 11) is 0. The monoisotopic (exact) mass is 416 g/mol. The van der Waals surface area contributed by atoms with Gasteiger partial charge in [0.2, 0.25) is 5.89 Å². The SMILES string of the molecule is Cc1onc(-c2ccccc2)c1-c1nnc(-c2ccc(N3CC(C)OC(C)C3)cc2)o1.